The SMILES string of the molecule is C/C=C/C[C@@H](C)[C@@H](O)[C@H]1C(=O)N[C@@H](CC)C(=O)N2CC(O)C[C@@H]2C(=O)N(C)C([C@@H](C)O)C(=O)N[C@@H](C(C)C)C(=O)N(C)[C@@H](CC(C)C)C(=O)N[C@@H](C)C(=O)N[C@H](C)C(=O)N(C)[C@@H](CC(C)C)C(=O)N(C)[C@@H](CC(C)C)C(=O)N(C)[C@@H](C(C)C)C(=O)N1C. The topological polar surface area (TPSA) is 319 Å². The van der Waals surface area contributed by atoms with Crippen LogP contribution in [-0.2, 0) is 52.7 Å². The summed E-state index contributed by atoms with van der Waals surface area (Å²) in [5.41, 5.74) is 0. The van der Waals surface area contributed by atoms with Gasteiger partial charge in [0.05, 0.1) is 18.3 Å². The summed E-state index contributed by atoms with van der Waals surface area (Å²) in [6.45, 7) is 26.5. The first-order chi connectivity index (χ1) is 40.2. The lowest BCUT2D eigenvalue weighted by atomic mass is 9.91. The third-order valence-electron chi connectivity index (χ3n) is 16.8. The maximum Gasteiger partial charge on any atom is 0.246 e. The molecule has 0 aromatic heterocycles. The van der Waals surface area contributed by atoms with Crippen LogP contribution in [0.4, 0.5) is 0 Å². The molecule has 2 aliphatic heterocycles. The number of nitrogens with one attached hydrogen (secondary N) is 4. The molecule has 25 heteroatoms. The van der Waals surface area contributed by atoms with Crippen molar-refractivity contribution in [1.29, 1.82) is 0 Å². The lowest BCUT2D eigenvalue weighted by Gasteiger charge is -2.41. The molecule has 2 aliphatic rings. The van der Waals surface area contributed by atoms with Crippen LogP contribution in [0.1, 0.15) is 149 Å². The van der Waals surface area contributed by atoms with Crippen molar-refractivity contribution in [3.63, 3.8) is 0 Å². The minimum atomic E-state index is -1.68. The molecular weight excluding hydrogens is 1120 g/mol. The first-order valence-corrected chi connectivity index (χ1v) is 31.0. The predicted octanol–water partition coefficient (Wildman–Crippen LogP) is 1.11. The number of fused-ring (bicyclic) bond motifs is 1. The highest BCUT2D eigenvalue weighted by atomic mass is 16.3. The van der Waals surface area contributed by atoms with Crippen molar-refractivity contribution >= 4 is 65.0 Å². The van der Waals surface area contributed by atoms with Gasteiger partial charge in [-0.2, -0.15) is 0 Å². The molecule has 0 aromatic rings. The van der Waals surface area contributed by atoms with Crippen LogP contribution < -0.4 is 21.3 Å². The maximum atomic E-state index is 15.2. The van der Waals surface area contributed by atoms with E-state index in [1.807, 2.05) is 41.5 Å². The molecule has 15 atom stereocenters. The van der Waals surface area contributed by atoms with E-state index in [4.69, 9.17) is 0 Å². The van der Waals surface area contributed by atoms with Gasteiger partial charge in [0, 0.05) is 55.3 Å². The van der Waals surface area contributed by atoms with Crippen molar-refractivity contribution in [2.45, 2.75) is 234 Å². The number of aliphatic hydroxyl groups excluding tert-OH is 3. The van der Waals surface area contributed by atoms with Gasteiger partial charge in [-0.15, -0.1) is 0 Å². The Bertz CT molecular complexity index is 2440. The van der Waals surface area contributed by atoms with Gasteiger partial charge in [-0.25, -0.2) is 0 Å². The molecule has 0 spiro atoms. The molecule has 0 saturated carbocycles. The molecule has 0 radical (unpaired) electrons. The van der Waals surface area contributed by atoms with Crippen molar-refractivity contribution < 1.29 is 68.1 Å². The van der Waals surface area contributed by atoms with Gasteiger partial charge in [-0.3, -0.25) is 52.7 Å². The number of allylic oxidation sites excluding steroid dienone is 2. The summed E-state index contributed by atoms with van der Waals surface area (Å²) in [5.74, 6) is -10.9. The Hall–Kier alpha value is -6.21. The predicted molar refractivity (Wildman–Crippen MR) is 329 cm³/mol. The fourth-order valence-corrected chi connectivity index (χ4v) is 11.5. The lowest BCUT2D eigenvalue weighted by Crippen LogP contribution is -2.64. The second-order valence-electron chi connectivity index (χ2n) is 26.3. The fourth-order valence-electron chi connectivity index (χ4n) is 11.5. The highest BCUT2D eigenvalue weighted by Crippen LogP contribution is 2.27. The van der Waals surface area contributed by atoms with E-state index in [0.717, 1.165) is 19.6 Å². The Morgan fingerprint density at radius 1 is 0.494 bits per heavy atom. The van der Waals surface area contributed by atoms with Crippen LogP contribution >= 0.6 is 0 Å². The van der Waals surface area contributed by atoms with Gasteiger partial charge in [-0.05, 0) is 95.3 Å². The van der Waals surface area contributed by atoms with Crippen LogP contribution in [0.5, 0.6) is 0 Å². The zero-order valence-electron chi connectivity index (χ0n) is 56.1. The van der Waals surface area contributed by atoms with Crippen molar-refractivity contribution in [3.8, 4) is 0 Å². The Morgan fingerprint density at radius 3 is 1.41 bits per heavy atom. The highest BCUT2D eigenvalue weighted by Gasteiger charge is 2.48. The molecule has 0 aromatic carbocycles. The first kappa shape index (κ1) is 76.9. The number of nitrogens with zero attached hydrogens (tertiary/aromatic N) is 7. The molecule has 2 saturated heterocycles. The molecule has 2 fully saturated rings. The summed E-state index contributed by atoms with van der Waals surface area (Å²) in [6, 6.07) is -14.9. The summed E-state index contributed by atoms with van der Waals surface area (Å²) in [4.78, 5) is 169. The third kappa shape index (κ3) is 19.9. The van der Waals surface area contributed by atoms with Crippen molar-refractivity contribution in [3.05, 3.63) is 12.2 Å². The molecule has 25 nitrogen and oxygen atoms in total. The van der Waals surface area contributed by atoms with Crippen LogP contribution in [-0.4, -0.2) is 248 Å². The van der Waals surface area contributed by atoms with Gasteiger partial charge in [0.2, 0.25) is 65.0 Å². The van der Waals surface area contributed by atoms with E-state index in [2.05, 4.69) is 21.3 Å². The summed E-state index contributed by atoms with van der Waals surface area (Å²) >= 11 is 0. The largest absolute Gasteiger partial charge is 0.391 e. The number of aliphatic hydroxyl groups is 3. The molecule has 87 heavy (non-hydrogen) atoms. The second-order valence-corrected chi connectivity index (χ2v) is 26.3. The molecule has 2 unspecified atom stereocenters. The standard InChI is InChI=1S/C62H109N11O14/c1-23-25-26-37(13)51(76)50-55(80)65-42(24-2)57(82)73-31-41(75)30-46(73)60(85)71(21)49(40(16)74)54(79)66-47(35(9)10)61(86)67(17)43(27-32(3)4)53(78)63-38(14)52(77)64-39(15)56(81)68(18)44(28-33(5)6)58(83)69(19)45(29-34(7)8)59(84)70(20)48(36(11)12)62(87)72(50)22/h23,25,32-51,74-76H,24,26-31H2,1-22H3,(H,63,78)(H,64,77)(H,65,80)(H,66,79)/b25-23+/t37-,38+,39-,40-,41?,42+,43+,44+,45+,46-,47+,48+,49?,50+,51-/m1/s1. The van der Waals surface area contributed by atoms with Crippen LogP contribution in [0, 0.1) is 35.5 Å². The quantitative estimate of drug-likeness (QED) is 0.120. The molecule has 7 N–H and O–H groups in total. The van der Waals surface area contributed by atoms with Gasteiger partial charge in [0.15, 0.2) is 0 Å². The lowest BCUT2D eigenvalue weighted by molar-refractivity contribution is -0.157. The third-order valence-corrected chi connectivity index (χ3v) is 16.8. The molecule has 0 bridgehead atoms. The van der Waals surface area contributed by atoms with Gasteiger partial charge < -0.3 is 70.9 Å². The second kappa shape index (κ2) is 33.9. The maximum absolute atomic E-state index is 15.2. The van der Waals surface area contributed by atoms with E-state index in [1.54, 1.807) is 60.6 Å². The van der Waals surface area contributed by atoms with Gasteiger partial charge >= 0.3 is 0 Å². The zero-order chi connectivity index (χ0) is 67.1. The van der Waals surface area contributed by atoms with E-state index in [-0.39, 0.29) is 62.8 Å². The highest BCUT2D eigenvalue weighted by molar-refractivity contribution is 6.00. The Kier molecular flexibility index (Phi) is 30.0. The Morgan fingerprint density at radius 2 is 0.943 bits per heavy atom. The number of carbonyl (C=O) groups is 11. The van der Waals surface area contributed by atoms with E-state index in [9.17, 15) is 58.5 Å². The van der Waals surface area contributed by atoms with Gasteiger partial charge in [-0.1, -0.05) is 95.2 Å². The zero-order valence-corrected chi connectivity index (χ0v) is 56.1. The molecular formula is C62H109N11O14. The molecule has 0 aliphatic carbocycles. The van der Waals surface area contributed by atoms with Crippen LogP contribution in [0.3, 0.4) is 0 Å². The minimum Gasteiger partial charge on any atom is -0.391 e. The Labute approximate surface area is 517 Å². The van der Waals surface area contributed by atoms with E-state index in [0.29, 0.717) is 0 Å². The van der Waals surface area contributed by atoms with E-state index in [1.165, 1.54) is 77.8 Å². The van der Waals surface area contributed by atoms with E-state index < -0.39 is 168 Å². The molecule has 2 heterocycles. The summed E-state index contributed by atoms with van der Waals surface area (Å²) in [7, 11) is 8.19. The van der Waals surface area contributed by atoms with E-state index >= 15 is 9.59 Å². The fraction of sp³-hybridized carbons (Fsp3) is 0.790. The van der Waals surface area contributed by atoms with Gasteiger partial charge in [0.25, 0.3) is 0 Å². The number of amides is 11. The molecule has 496 valence electrons. The number of hydrogen-bond acceptors (Lipinski definition) is 14. The van der Waals surface area contributed by atoms with Gasteiger partial charge in [0.1, 0.15) is 66.5 Å². The number of carbonyl (C=O) groups excluding carboxylic acids is 11. The van der Waals surface area contributed by atoms with Crippen LogP contribution in [0.2, 0.25) is 0 Å². The number of rotatable bonds is 14. The van der Waals surface area contributed by atoms with Crippen LogP contribution in [0.25, 0.3) is 0 Å². The number of likely N-dealkylation sites (N-methyl/N-ethyl adjacent to an activating group) is 6. The summed E-state index contributed by atoms with van der Waals surface area (Å²) in [6.07, 6.45) is -0.603. The first-order valence-electron chi connectivity index (χ1n) is 31.0. The van der Waals surface area contributed by atoms with Crippen LogP contribution in [0.15, 0.2) is 12.2 Å². The Balaban J connectivity index is 3.02. The average molecular weight is 1230 g/mol. The van der Waals surface area contributed by atoms with Crippen molar-refractivity contribution in [1.82, 2.24) is 55.6 Å². The monoisotopic (exact) mass is 1230 g/mol. The summed E-state index contributed by atoms with van der Waals surface area (Å²) < 4.78 is 0. The summed E-state index contributed by atoms with van der Waals surface area (Å²) in [5, 5.41) is 45.1. The van der Waals surface area contributed by atoms with Crippen molar-refractivity contribution in [2.24, 2.45) is 35.5 Å². The smallest absolute Gasteiger partial charge is 0.246 e. The molecule has 11 amide bonds. The molecule has 2 rings (SSSR count). The average Bonchev–Trinajstić information content (AvgIpc) is 2.69. The minimum absolute atomic E-state index is 0.0790. The number of hydrogen-bond donors (Lipinski definition) is 7. The normalized spacial score (nSPS) is 29.2. The van der Waals surface area contributed by atoms with Crippen molar-refractivity contribution in [2.75, 3.05) is 48.8 Å².